The zero-order valence-electron chi connectivity index (χ0n) is 15.9. The lowest BCUT2D eigenvalue weighted by molar-refractivity contribution is 0.0990. The van der Waals surface area contributed by atoms with Gasteiger partial charge in [-0.1, -0.05) is 24.3 Å². The normalized spacial score (nSPS) is 13.2. The second-order valence-electron chi connectivity index (χ2n) is 6.56. The number of fused-ring (bicyclic) bond motifs is 2. The van der Waals surface area contributed by atoms with E-state index in [-0.39, 0.29) is 17.1 Å². The number of ketones is 2. The molecule has 4 aromatic rings. The van der Waals surface area contributed by atoms with E-state index in [1.165, 1.54) is 17.8 Å². The maximum Gasteiger partial charge on any atom is 0.197 e. The average molecular weight is 434 g/mol. The van der Waals surface area contributed by atoms with Crippen LogP contribution in [0.3, 0.4) is 0 Å². The summed E-state index contributed by atoms with van der Waals surface area (Å²) in [5.41, 5.74) is 1.91. The van der Waals surface area contributed by atoms with Gasteiger partial charge in [0.25, 0.3) is 0 Å². The number of Topliss-reactive ketones (excluding diaryl/α,β-unsaturated/α-hetero) is 2. The van der Waals surface area contributed by atoms with Gasteiger partial charge in [0.1, 0.15) is 11.5 Å². The summed E-state index contributed by atoms with van der Waals surface area (Å²) in [6.45, 7) is 2.57. The molecule has 0 radical (unpaired) electrons. The Hall–Kier alpha value is -3.16. The van der Waals surface area contributed by atoms with E-state index in [1.807, 2.05) is 31.2 Å². The maximum atomic E-state index is 12.5. The molecule has 5 nitrogen and oxygen atoms in total. The number of thiazole rings is 1. The van der Waals surface area contributed by atoms with Gasteiger partial charge in [-0.05, 0) is 55.1 Å². The number of aromatic nitrogens is 1. The minimum atomic E-state index is -0.266. The molecular weight excluding hydrogens is 418 g/mol. The lowest BCUT2D eigenvalue weighted by Gasteiger charge is -2.00. The highest BCUT2D eigenvalue weighted by Crippen LogP contribution is 2.37. The van der Waals surface area contributed by atoms with E-state index in [0.29, 0.717) is 28.6 Å². The number of carbonyl (C=O) groups is 2. The first kappa shape index (κ1) is 18.8. The van der Waals surface area contributed by atoms with Crippen molar-refractivity contribution in [3.8, 4) is 5.75 Å². The van der Waals surface area contributed by atoms with Crippen LogP contribution in [0.25, 0.3) is 16.3 Å². The SMILES string of the molecule is CCOc1ccc2nc(Sc3ccc(C=C4C(=O)c5ccccc5C4=O)o3)sc2c1. The standard InChI is InChI=1S/C23H15NO4S2/c1-2-27-13-7-9-18-19(12-13)29-23(24-18)30-20-10-8-14(28-20)11-17-21(25)15-5-3-4-6-16(15)22(17)26/h3-12H,2H2,1H3. The van der Waals surface area contributed by atoms with Crippen molar-refractivity contribution in [1.29, 1.82) is 0 Å². The fourth-order valence-corrected chi connectivity index (χ4v) is 5.28. The molecule has 0 aliphatic heterocycles. The molecule has 0 spiro atoms. The number of allylic oxidation sites excluding steroid dienone is 1. The highest BCUT2D eigenvalue weighted by atomic mass is 32.2. The van der Waals surface area contributed by atoms with Crippen molar-refractivity contribution < 1.29 is 18.7 Å². The van der Waals surface area contributed by atoms with Gasteiger partial charge in [0.15, 0.2) is 21.0 Å². The first-order valence-electron chi connectivity index (χ1n) is 9.33. The number of nitrogens with zero attached hydrogens (tertiary/aromatic N) is 1. The van der Waals surface area contributed by atoms with Gasteiger partial charge in [0, 0.05) is 11.1 Å². The number of hydrogen-bond donors (Lipinski definition) is 0. The second kappa shape index (κ2) is 7.59. The molecule has 7 heteroatoms. The predicted molar refractivity (Wildman–Crippen MR) is 117 cm³/mol. The van der Waals surface area contributed by atoms with Crippen molar-refractivity contribution in [2.45, 2.75) is 16.4 Å². The van der Waals surface area contributed by atoms with E-state index in [0.717, 1.165) is 20.3 Å². The quantitative estimate of drug-likeness (QED) is 0.288. The molecule has 0 amide bonds. The first-order chi connectivity index (χ1) is 14.6. The third-order valence-corrected chi connectivity index (χ3v) is 6.63. The van der Waals surface area contributed by atoms with E-state index in [9.17, 15) is 9.59 Å². The Morgan fingerprint density at radius 1 is 1.07 bits per heavy atom. The van der Waals surface area contributed by atoms with Crippen molar-refractivity contribution in [3.05, 3.63) is 77.1 Å². The van der Waals surface area contributed by atoms with Crippen LogP contribution >= 0.6 is 23.1 Å². The molecule has 0 fully saturated rings. The fraction of sp³-hybridized carbons (Fsp3) is 0.0870. The van der Waals surface area contributed by atoms with E-state index in [1.54, 1.807) is 41.7 Å². The Bertz CT molecular complexity index is 1290. The minimum absolute atomic E-state index is 0.130. The van der Waals surface area contributed by atoms with Crippen molar-refractivity contribution in [1.82, 2.24) is 4.98 Å². The number of furan rings is 1. The minimum Gasteiger partial charge on any atom is -0.494 e. The van der Waals surface area contributed by atoms with Crippen molar-refractivity contribution in [2.24, 2.45) is 0 Å². The van der Waals surface area contributed by atoms with Crippen LogP contribution in [0, 0.1) is 0 Å². The number of rotatable bonds is 5. The molecule has 0 saturated heterocycles. The molecule has 1 aliphatic rings. The third-order valence-electron chi connectivity index (χ3n) is 4.63. The highest BCUT2D eigenvalue weighted by Gasteiger charge is 2.32. The van der Waals surface area contributed by atoms with Gasteiger partial charge in [0.2, 0.25) is 0 Å². The van der Waals surface area contributed by atoms with Crippen LogP contribution in [0.2, 0.25) is 0 Å². The summed E-state index contributed by atoms with van der Waals surface area (Å²) in [5, 5.41) is 0.640. The van der Waals surface area contributed by atoms with Gasteiger partial charge >= 0.3 is 0 Å². The molecule has 0 N–H and O–H groups in total. The molecule has 5 rings (SSSR count). The smallest absolute Gasteiger partial charge is 0.197 e. The van der Waals surface area contributed by atoms with Crippen LogP contribution in [0.5, 0.6) is 5.75 Å². The van der Waals surface area contributed by atoms with Crippen LogP contribution < -0.4 is 4.74 Å². The summed E-state index contributed by atoms with van der Waals surface area (Å²) in [4.78, 5) is 29.7. The van der Waals surface area contributed by atoms with E-state index in [2.05, 4.69) is 4.98 Å². The van der Waals surface area contributed by atoms with Crippen LogP contribution in [0.15, 0.2) is 74.0 Å². The molecule has 2 aromatic heterocycles. The summed E-state index contributed by atoms with van der Waals surface area (Å²) in [5.74, 6) is 0.751. The van der Waals surface area contributed by atoms with Gasteiger partial charge in [-0.3, -0.25) is 9.59 Å². The van der Waals surface area contributed by atoms with Crippen LogP contribution in [-0.4, -0.2) is 23.2 Å². The molecule has 0 saturated carbocycles. The lowest BCUT2D eigenvalue weighted by Crippen LogP contribution is -1.99. The molecule has 0 bridgehead atoms. The summed E-state index contributed by atoms with van der Waals surface area (Å²) in [6, 6.07) is 16.2. The highest BCUT2D eigenvalue weighted by molar-refractivity contribution is 8.01. The second-order valence-corrected chi connectivity index (χ2v) is 8.85. The molecule has 1 aliphatic carbocycles. The number of hydrogen-bond acceptors (Lipinski definition) is 7. The Kier molecular flexibility index (Phi) is 4.77. The lowest BCUT2D eigenvalue weighted by atomic mass is 10.1. The Morgan fingerprint density at radius 2 is 1.83 bits per heavy atom. The molecule has 2 heterocycles. The summed E-state index contributed by atoms with van der Waals surface area (Å²) < 4.78 is 13.2. The van der Waals surface area contributed by atoms with Crippen molar-refractivity contribution >= 4 is 51.0 Å². The Labute approximate surface area is 180 Å². The molecule has 2 aromatic carbocycles. The molecule has 0 unspecified atom stereocenters. The number of benzene rings is 2. The van der Waals surface area contributed by atoms with Crippen LogP contribution in [0.1, 0.15) is 33.4 Å². The largest absolute Gasteiger partial charge is 0.494 e. The zero-order valence-corrected chi connectivity index (χ0v) is 17.5. The Balaban J connectivity index is 1.38. The molecule has 0 atom stereocenters. The number of carbonyl (C=O) groups excluding carboxylic acids is 2. The fourth-order valence-electron chi connectivity index (χ4n) is 3.28. The van der Waals surface area contributed by atoms with E-state index >= 15 is 0 Å². The van der Waals surface area contributed by atoms with Gasteiger partial charge in [-0.25, -0.2) is 4.98 Å². The summed E-state index contributed by atoms with van der Waals surface area (Å²) >= 11 is 2.96. The molecular formula is C23H15NO4S2. The topological polar surface area (TPSA) is 69.4 Å². The number of ether oxygens (including phenoxy) is 1. The maximum absolute atomic E-state index is 12.5. The zero-order chi connectivity index (χ0) is 20.7. The van der Waals surface area contributed by atoms with E-state index < -0.39 is 0 Å². The monoisotopic (exact) mass is 433 g/mol. The first-order valence-corrected chi connectivity index (χ1v) is 11.0. The Morgan fingerprint density at radius 3 is 2.57 bits per heavy atom. The summed E-state index contributed by atoms with van der Waals surface area (Å²) in [6.07, 6.45) is 1.52. The van der Waals surface area contributed by atoms with E-state index in [4.69, 9.17) is 9.15 Å². The average Bonchev–Trinajstić information content (AvgIpc) is 3.42. The molecule has 148 valence electrons. The van der Waals surface area contributed by atoms with Crippen molar-refractivity contribution in [3.63, 3.8) is 0 Å². The van der Waals surface area contributed by atoms with Gasteiger partial charge in [-0.2, -0.15) is 0 Å². The summed E-state index contributed by atoms with van der Waals surface area (Å²) in [7, 11) is 0. The predicted octanol–water partition coefficient (Wildman–Crippen LogP) is 5.90. The van der Waals surface area contributed by atoms with Crippen LogP contribution in [0.4, 0.5) is 0 Å². The van der Waals surface area contributed by atoms with Crippen LogP contribution in [-0.2, 0) is 0 Å². The van der Waals surface area contributed by atoms with Gasteiger partial charge in [-0.15, -0.1) is 11.3 Å². The third kappa shape index (κ3) is 3.36. The van der Waals surface area contributed by atoms with Gasteiger partial charge < -0.3 is 9.15 Å². The van der Waals surface area contributed by atoms with Crippen molar-refractivity contribution in [2.75, 3.05) is 6.61 Å². The van der Waals surface area contributed by atoms with Gasteiger partial charge in [0.05, 0.1) is 22.4 Å². The molecule has 30 heavy (non-hydrogen) atoms.